The van der Waals surface area contributed by atoms with E-state index in [0.717, 1.165) is 12.1 Å². The number of allylic oxidation sites excluding steroid dienone is 1. The number of amides is 1. The van der Waals surface area contributed by atoms with Crippen molar-refractivity contribution in [2.45, 2.75) is 18.2 Å². The molecule has 0 N–H and O–H groups in total. The van der Waals surface area contributed by atoms with Gasteiger partial charge in [-0.3, -0.25) is 4.79 Å². The summed E-state index contributed by atoms with van der Waals surface area (Å²) in [6, 6.07) is 3.27. The van der Waals surface area contributed by atoms with Gasteiger partial charge in [-0.15, -0.1) is 11.6 Å². The number of hydrogen-bond donors (Lipinski definition) is 0. The number of halogens is 5. The van der Waals surface area contributed by atoms with Gasteiger partial charge in [-0.25, -0.2) is 17.6 Å². The Balaban J connectivity index is 2.45. The molecule has 24 heavy (non-hydrogen) atoms. The van der Waals surface area contributed by atoms with Gasteiger partial charge >= 0.3 is 0 Å². The number of nitriles is 1. The Kier molecular flexibility index (Phi) is 5.67. The molecule has 2 rings (SSSR count). The second-order valence-corrected chi connectivity index (χ2v) is 5.37. The highest BCUT2D eigenvalue weighted by Gasteiger charge is 2.34. The van der Waals surface area contributed by atoms with Crippen molar-refractivity contribution < 1.29 is 27.1 Å². The highest BCUT2D eigenvalue weighted by Crippen LogP contribution is 2.33. The number of hydrogen-bond acceptors (Lipinski definition) is 3. The molecule has 128 valence electrons. The van der Waals surface area contributed by atoms with E-state index in [2.05, 4.69) is 0 Å². The van der Waals surface area contributed by atoms with Gasteiger partial charge in [-0.2, -0.15) is 5.26 Å². The van der Waals surface area contributed by atoms with Crippen LogP contribution in [0.4, 0.5) is 17.6 Å². The first-order valence-electron chi connectivity index (χ1n) is 6.78. The lowest BCUT2D eigenvalue weighted by Gasteiger charge is -2.31. The molecule has 0 aliphatic carbocycles. The fourth-order valence-corrected chi connectivity index (χ4v) is 2.48. The number of nitrogens with zero attached hydrogens (tertiary/aromatic N) is 2. The van der Waals surface area contributed by atoms with E-state index in [1.807, 2.05) is 0 Å². The molecule has 1 amide bonds. The first-order chi connectivity index (χ1) is 11.3. The van der Waals surface area contributed by atoms with Crippen LogP contribution in [0.25, 0.3) is 5.70 Å². The summed E-state index contributed by atoms with van der Waals surface area (Å²) in [6.07, 6.45) is -1.71. The second-order valence-electron chi connectivity index (χ2n) is 4.84. The molecule has 0 bridgehead atoms. The van der Waals surface area contributed by atoms with Crippen LogP contribution in [-0.4, -0.2) is 35.8 Å². The average molecular weight is 363 g/mol. The minimum absolute atomic E-state index is 0.0407. The van der Waals surface area contributed by atoms with Gasteiger partial charge in [-0.05, 0) is 6.42 Å². The molecular weight excluding hydrogens is 352 g/mol. The molecule has 1 atom stereocenters. The summed E-state index contributed by atoms with van der Waals surface area (Å²) in [5.41, 5.74) is -0.934. The van der Waals surface area contributed by atoms with Gasteiger partial charge < -0.3 is 9.64 Å². The van der Waals surface area contributed by atoms with Gasteiger partial charge in [0.1, 0.15) is 28.8 Å². The van der Waals surface area contributed by atoms with Crippen LogP contribution < -0.4 is 4.74 Å². The normalized spacial score (nSPS) is 17.7. The van der Waals surface area contributed by atoms with E-state index in [0.29, 0.717) is 4.90 Å². The maximum absolute atomic E-state index is 14.3. The number of ether oxygens (including phenoxy) is 1. The van der Waals surface area contributed by atoms with Crippen LogP contribution in [0.3, 0.4) is 0 Å². The Morgan fingerprint density at radius 1 is 1.38 bits per heavy atom. The molecule has 0 saturated heterocycles. The Morgan fingerprint density at radius 3 is 2.54 bits per heavy atom. The van der Waals surface area contributed by atoms with Gasteiger partial charge in [0.2, 0.25) is 5.91 Å². The van der Waals surface area contributed by atoms with Crippen molar-refractivity contribution in [3.05, 3.63) is 35.4 Å². The smallest absolute Gasteiger partial charge is 0.256 e. The molecule has 1 aliphatic rings. The lowest BCUT2D eigenvalue weighted by Crippen LogP contribution is -2.41. The molecule has 1 aromatic rings. The van der Waals surface area contributed by atoms with Gasteiger partial charge in [0.15, 0.2) is 6.61 Å². The zero-order valence-corrected chi connectivity index (χ0v) is 12.9. The van der Waals surface area contributed by atoms with Crippen LogP contribution in [0.1, 0.15) is 12.0 Å². The third-order valence-corrected chi connectivity index (χ3v) is 3.60. The number of carbonyl (C=O) groups excluding carboxylic acids is 1. The molecule has 0 aromatic heterocycles. The summed E-state index contributed by atoms with van der Waals surface area (Å²) in [4.78, 5) is 12.6. The van der Waals surface area contributed by atoms with Crippen molar-refractivity contribution in [1.29, 1.82) is 5.26 Å². The first kappa shape index (κ1) is 18.1. The summed E-state index contributed by atoms with van der Waals surface area (Å²) >= 11 is 5.74. The van der Waals surface area contributed by atoms with Gasteiger partial charge in [0.25, 0.3) is 6.43 Å². The average Bonchev–Trinajstić information content (AvgIpc) is 2.51. The summed E-state index contributed by atoms with van der Waals surface area (Å²) in [6.45, 7) is -1.44. The molecule has 1 aliphatic heterocycles. The molecule has 0 spiro atoms. The molecule has 4 nitrogen and oxygen atoms in total. The zero-order chi connectivity index (χ0) is 17.9. The highest BCUT2D eigenvalue weighted by atomic mass is 35.5. The number of rotatable bonds is 5. The van der Waals surface area contributed by atoms with Gasteiger partial charge in [-0.1, -0.05) is 6.08 Å². The van der Waals surface area contributed by atoms with Crippen molar-refractivity contribution in [3.8, 4) is 11.8 Å². The molecule has 1 unspecified atom stereocenters. The van der Waals surface area contributed by atoms with E-state index in [-0.39, 0.29) is 17.9 Å². The van der Waals surface area contributed by atoms with E-state index in [1.165, 1.54) is 6.08 Å². The van der Waals surface area contributed by atoms with E-state index in [9.17, 15) is 22.4 Å². The first-order valence-corrected chi connectivity index (χ1v) is 7.21. The third-order valence-electron chi connectivity index (χ3n) is 3.24. The Morgan fingerprint density at radius 2 is 2.00 bits per heavy atom. The minimum Gasteiger partial charge on any atom is -0.479 e. The predicted octanol–water partition coefficient (Wildman–Crippen LogP) is 3.31. The monoisotopic (exact) mass is 362 g/mol. The molecule has 9 heteroatoms. The fourth-order valence-electron chi connectivity index (χ4n) is 2.27. The molecule has 0 saturated carbocycles. The minimum atomic E-state index is -2.90. The van der Waals surface area contributed by atoms with Gasteiger partial charge in [0.05, 0.1) is 17.8 Å². The third kappa shape index (κ3) is 3.79. The molecule has 0 radical (unpaired) electrons. The SMILES string of the molecule is N#CCOc1cc(F)c(C2=CCC(Cl)C(=O)N2CC(F)F)c(F)c1. The number of alkyl halides is 3. The van der Waals surface area contributed by atoms with Crippen LogP contribution in [0.15, 0.2) is 18.2 Å². The van der Waals surface area contributed by atoms with Crippen molar-refractivity contribution in [2.24, 2.45) is 0 Å². The van der Waals surface area contributed by atoms with Crippen LogP contribution in [0.2, 0.25) is 0 Å². The van der Waals surface area contributed by atoms with Gasteiger partial charge in [0, 0.05) is 12.1 Å². The predicted molar refractivity (Wildman–Crippen MR) is 77.4 cm³/mol. The summed E-state index contributed by atoms with van der Waals surface area (Å²) < 4.78 is 58.7. The second kappa shape index (κ2) is 7.53. The van der Waals surface area contributed by atoms with Crippen LogP contribution >= 0.6 is 11.6 Å². The number of carbonyl (C=O) groups is 1. The Bertz CT molecular complexity index is 695. The van der Waals surface area contributed by atoms with Crippen LogP contribution in [0.5, 0.6) is 5.75 Å². The largest absolute Gasteiger partial charge is 0.479 e. The van der Waals surface area contributed by atoms with E-state index in [4.69, 9.17) is 21.6 Å². The summed E-state index contributed by atoms with van der Waals surface area (Å²) in [5.74, 6) is -3.28. The lowest BCUT2D eigenvalue weighted by molar-refractivity contribution is -0.129. The highest BCUT2D eigenvalue weighted by molar-refractivity contribution is 6.31. The fraction of sp³-hybridized carbons (Fsp3) is 0.333. The topological polar surface area (TPSA) is 53.3 Å². The Labute approximate surface area is 139 Å². The molecule has 1 aromatic carbocycles. The standard InChI is InChI=1S/C15H11ClF4N2O2/c16-9-1-2-12(22(15(9)23)7-13(19)20)14-10(17)5-8(6-11(14)18)24-4-3-21/h2,5-6,9,13H,1,4,7H2. The van der Waals surface area contributed by atoms with Crippen molar-refractivity contribution in [2.75, 3.05) is 13.2 Å². The molecule has 1 heterocycles. The van der Waals surface area contributed by atoms with E-state index in [1.54, 1.807) is 6.07 Å². The van der Waals surface area contributed by atoms with Crippen molar-refractivity contribution >= 4 is 23.2 Å². The van der Waals surface area contributed by atoms with Crippen molar-refractivity contribution in [1.82, 2.24) is 4.90 Å². The van der Waals surface area contributed by atoms with E-state index < -0.39 is 48.1 Å². The summed E-state index contributed by atoms with van der Waals surface area (Å²) in [5, 5.41) is 7.33. The maximum atomic E-state index is 14.3. The molecular formula is C15H11ClF4N2O2. The van der Waals surface area contributed by atoms with Crippen molar-refractivity contribution in [3.63, 3.8) is 0 Å². The lowest BCUT2D eigenvalue weighted by atomic mass is 10.0. The maximum Gasteiger partial charge on any atom is 0.256 e. The summed E-state index contributed by atoms with van der Waals surface area (Å²) in [7, 11) is 0. The quantitative estimate of drug-likeness (QED) is 0.596. The number of benzene rings is 1. The molecule has 0 fully saturated rings. The van der Waals surface area contributed by atoms with E-state index >= 15 is 0 Å². The van der Waals surface area contributed by atoms with Crippen LogP contribution in [0, 0.1) is 23.0 Å². The zero-order valence-electron chi connectivity index (χ0n) is 12.1. The Hall–Kier alpha value is -2.27. The van der Waals surface area contributed by atoms with Crippen LogP contribution in [-0.2, 0) is 4.79 Å².